The molecule has 2 aromatic heterocycles. The van der Waals surface area contributed by atoms with E-state index < -0.39 is 11.7 Å². The predicted molar refractivity (Wildman–Crippen MR) is 99.3 cm³/mol. The molecular formula is C18H20FN5O4. The molecule has 2 heterocycles. The Labute approximate surface area is 159 Å². The van der Waals surface area contributed by atoms with Crippen molar-refractivity contribution in [1.29, 1.82) is 0 Å². The third kappa shape index (κ3) is 3.80. The number of rotatable bonds is 6. The minimum Gasteiger partial charge on any atom is -0.490 e. The number of hydrogen-bond donors (Lipinski definition) is 0. The molecule has 0 aliphatic heterocycles. The van der Waals surface area contributed by atoms with E-state index >= 15 is 0 Å². The molecule has 10 heteroatoms. The fourth-order valence-corrected chi connectivity index (χ4v) is 2.59. The van der Waals surface area contributed by atoms with E-state index in [0.29, 0.717) is 17.8 Å². The smallest absolute Gasteiger partial charge is 0.338 e. The summed E-state index contributed by atoms with van der Waals surface area (Å²) < 4.78 is 26.2. The molecule has 1 aromatic carbocycles. The van der Waals surface area contributed by atoms with E-state index in [-0.39, 0.29) is 30.7 Å². The van der Waals surface area contributed by atoms with Crippen LogP contribution in [-0.2, 0) is 6.54 Å². The van der Waals surface area contributed by atoms with E-state index in [4.69, 9.17) is 9.47 Å². The van der Waals surface area contributed by atoms with Gasteiger partial charge in [0.2, 0.25) is 0 Å². The highest BCUT2D eigenvalue weighted by Crippen LogP contribution is 2.14. The third-order valence-electron chi connectivity index (χ3n) is 3.94. The van der Waals surface area contributed by atoms with Gasteiger partial charge in [-0.3, -0.25) is 4.57 Å². The average molecular weight is 389 g/mol. The average Bonchev–Trinajstić information content (AvgIpc) is 2.96. The van der Waals surface area contributed by atoms with Crippen molar-refractivity contribution in [2.24, 2.45) is 0 Å². The first-order valence-electron chi connectivity index (χ1n) is 8.63. The van der Waals surface area contributed by atoms with Crippen LogP contribution in [0.2, 0.25) is 0 Å². The molecule has 0 spiro atoms. The van der Waals surface area contributed by atoms with Gasteiger partial charge in [-0.2, -0.15) is 9.55 Å². The molecule has 3 rings (SSSR count). The Morgan fingerprint density at radius 3 is 2.50 bits per heavy atom. The van der Waals surface area contributed by atoms with Gasteiger partial charge in [0.1, 0.15) is 30.3 Å². The summed E-state index contributed by atoms with van der Waals surface area (Å²) in [6.07, 6.45) is 1.45. The van der Waals surface area contributed by atoms with Gasteiger partial charge in [-0.1, -0.05) is 0 Å². The van der Waals surface area contributed by atoms with E-state index in [0.717, 1.165) is 4.57 Å². The van der Waals surface area contributed by atoms with Gasteiger partial charge in [0.15, 0.2) is 5.65 Å². The highest BCUT2D eigenvalue weighted by Gasteiger charge is 2.21. The second-order valence-corrected chi connectivity index (χ2v) is 6.05. The van der Waals surface area contributed by atoms with Gasteiger partial charge < -0.3 is 14.4 Å². The maximum absolute atomic E-state index is 12.9. The van der Waals surface area contributed by atoms with Crippen LogP contribution in [0.1, 0.15) is 6.92 Å². The van der Waals surface area contributed by atoms with Gasteiger partial charge in [0.25, 0.3) is 0 Å². The molecular weight excluding hydrogens is 369 g/mol. The predicted octanol–water partition coefficient (Wildman–Crippen LogP) is 1.74. The molecule has 0 bridgehead atoms. The van der Waals surface area contributed by atoms with Crippen LogP contribution in [0.25, 0.3) is 11.2 Å². The SMILES string of the molecule is CCn1c(=O)n(C(=O)N(C)C)c2nc(OCCOc3ccc(F)cc3)ncc21. The lowest BCUT2D eigenvalue weighted by Gasteiger charge is -2.10. The van der Waals surface area contributed by atoms with Crippen molar-refractivity contribution in [2.75, 3.05) is 27.3 Å². The summed E-state index contributed by atoms with van der Waals surface area (Å²) in [4.78, 5) is 34.5. The summed E-state index contributed by atoms with van der Waals surface area (Å²) in [5.41, 5.74) is 0.134. The molecule has 148 valence electrons. The summed E-state index contributed by atoms with van der Waals surface area (Å²) >= 11 is 0. The van der Waals surface area contributed by atoms with Crippen LogP contribution >= 0.6 is 0 Å². The highest BCUT2D eigenvalue weighted by molar-refractivity contribution is 5.86. The standard InChI is InChI=1S/C18H20FN5O4/c1-4-23-14-11-20-16(21-15(14)24(18(23)26)17(25)22(2)3)28-10-9-27-13-7-5-12(19)6-8-13/h5-8,11H,4,9-10H2,1-3H3. The van der Waals surface area contributed by atoms with Crippen LogP contribution in [0.3, 0.4) is 0 Å². The fraction of sp³-hybridized carbons (Fsp3) is 0.333. The zero-order valence-electron chi connectivity index (χ0n) is 15.8. The summed E-state index contributed by atoms with van der Waals surface area (Å²) in [5.74, 6) is 0.162. The first kappa shape index (κ1) is 19.3. The van der Waals surface area contributed by atoms with Crippen molar-refractivity contribution in [1.82, 2.24) is 24.0 Å². The molecule has 0 aliphatic rings. The minimum atomic E-state index is -0.508. The summed E-state index contributed by atoms with van der Waals surface area (Å²) in [6.45, 7) is 2.48. The quantitative estimate of drug-likeness (QED) is 0.597. The maximum Gasteiger partial charge on any atom is 0.338 e. The number of halogens is 1. The molecule has 0 saturated carbocycles. The molecule has 0 fully saturated rings. The van der Waals surface area contributed by atoms with Crippen molar-refractivity contribution in [3.63, 3.8) is 0 Å². The van der Waals surface area contributed by atoms with Crippen molar-refractivity contribution >= 4 is 17.2 Å². The number of fused-ring (bicyclic) bond motifs is 1. The van der Waals surface area contributed by atoms with Crippen LogP contribution in [0.15, 0.2) is 35.3 Å². The van der Waals surface area contributed by atoms with Gasteiger partial charge >= 0.3 is 17.7 Å². The molecule has 28 heavy (non-hydrogen) atoms. The highest BCUT2D eigenvalue weighted by atomic mass is 19.1. The first-order valence-corrected chi connectivity index (χ1v) is 8.63. The Morgan fingerprint density at radius 2 is 1.86 bits per heavy atom. The number of ether oxygens (including phenoxy) is 2. The third-order valence-corrected chi connectivity index (χ3v) is 3.94. The number of carbonyl (C=O) groups is 1. The lowest BCUT2D eigenvalue weighted by Crippen LogP contribution is -2.36. The first-order chi connectivity index (χ1) is 13.4. The zero-order valence-corrected chi connectivity index (χ0v) is 15.8. The number of benzene rings is 1. The van der Waals surface area contributed by atoms with Crippen molar-refractivity contribution < 1.29 is 18.7 Å². The van der Waals surface area contributed by atoms with Crippen molar-refractivity contribution in [2.45, 2.75) is 13.5 Å². The normalized spacial score (nSPS) is 10.9. The Kier molecular flexibility index (Phi) is 5.57. The number of imidazole rings is 1. The van der Waals surface area contributed by atoms with Crippen LogP contribution in [-0.4, -0.2) is 57.3 Å². The molecule has 0 saturated heterocycles. The second-order valence-electron chi connectivity index (χ2n) is 6.05. The lowest BCUT2D eigenvalue weighted by molar-refractivity contribution is 0.206. The summed E-state index contributed by atoms with van der Waals surface area (Å²) in [7, 11) is 3.10. The molecule has 3 aromatic rings. The topological polar surface area (TPSA) is 91.5 Å². The van der Waals surface area contributed by atoms with Gasteiger partial charge in [0.05, 0.1) is 6.20 Å². The Balaban J connectivity index is 1.77. The van der Waals surface area contributed by atoms with E-state index in [2.05, 4.69) is 9.97 Å². The molecule has 0 aliphatic carbocycles. The zero-order chi connectivity index (χ0) is 20.3. The molecule has 0 N–H and O–H groups in total. The molecule has 9 nitrogen and oxygen atoms in total. The fourth-order valence-electron chi connectivity index (χ4n) is 2.59. The maximum atomic E-state index is 12.9. The molecule has 0 unspecified atom stereocenters. The minimum absolute atomic E-state index is 0.0174. The van der Waals surface area contributed by atoms with Gasteiger partial charge in [-0.25, -0.2) is 19.0 Å². The van der Waals surface area contributed by atoms with Crippen LogP contribution < -0.4 is 15.2 Å². The number of amides is 1. The van der Waals surface area contributed by atoms with E-state index in [9.17, 15) is 14.0 Å². The Bertz CT molecular complexity index is 1040. The van der Waals surface area contributed by atoms with E-state index in [1.807, 2.05) is 0 Å². The second kappa shape index (κ2) is 8.07. The van der Waals surface area contributed by atoms with Crippen LogP contribution in [0.5, 0.6) is 11.8 Å². The largest absolute Gasteiger partial charge is 0.490 e. The number of nitrogens with zero attached hydrogens (tertiary/aromatic N) is 5. The summed E-state index contributed by atoms with van der Waals surface area (Å²) in [6, 6.07) is 5.13. The van der Waals surface area contributed by atoms with Gasteiger partial charge in [0, 0.05) is 20.6 Å². The van der Waals surface area contributed by atoms with Crippen molar-refractivity contribution in [3.05, 3.63) is 46.8 Å². The van der Waals surface area contributed by atoms with E-state index in [1.165, 1.54) is 39.9 Å². The monoisotopic (exact) mass is 389 g/mol. The number of aromatic nitrogens is 4. The molecule has 0 atom stereocenters. The summed E-state index contributed by atoms with van der Waals surface area (Å²) in [5, 5.41) is 0. The lowest BCUT2D eigenvalue weighted by atomic mass is 10.3. The van der Waals surface area contributed by atoms with Gasteiger partial charge in [-0.05, 0) is 31.2 Å². The number of hydrogen-bond acceptors (Lipinski definition) is 6. The number of carbonyl (C=O) groups excluding carboxylic acids is 1. The van der Waals surface area contributed by atoms with Crippen molar-refractivity contribution in [3.8, 4) is 11.8 Å². The van der Waals surface area contributed by atoms with E-state index in [1.54, 1.807) is 21.0 Å². The molecule has 1 amide bonds. The van der Waals surface area contributed by atoms with Crippen LogP contribution in [0.4, 0.5) is 9.18 Å². The van der Waals surface area contributed by atoms with Crippen LogP contribution in [0, 0.1) is 5.82 Å². The van der Waals surface area contributed by atoms with Gasteiger partial charge in [-0.15, -0.1) is 0 Å². The number of aryl methyl sites for hydroxylation is 1. The Morgan fingerprint density at radius 1 is 1.18 bits per heavy atom. The molecule has 0 radical (unpaired) electrons. The Hall–Kier alpha value is -3.43.